The van der Waals surface area contributed by atoms with Crippen LogP contribution in [0.15, 0.2) is 97.1 Å². The van der Waals surface area contributed by atoms with Crippen LogP contribution in [0, 0.1) is 12.8 Å². The fourth-order valence-corrected chi connectivity index (χ4v) is 4.96. The Labute approximate surface area is 191 Å². The van der Waals surface area contributed by atoms with Crippen molar-refractivity contribution in [3.63, 3.8) is 0 Å². The summed E-state index contributed by atoms with van der Waals surface area (Å²) in [6.07, 6.45) is -0.872. The number of carbonyl (C=O) groups excluding carboxylic acids is 2. The number of fused-ring (bicyclic) bond motifs is 2. The molecule has 2 aliphatic heterocycles. The number of para-hydroxylation sites is 1. The van der Waals surface area contributed by atoms with Crippen LogP contribution in [0.25, 0.3) is 10.8 Å². The molecule has 6 rings (SSSR count). The lowest BCUT2D eigenvalue weighted by Gasteiger charge is -2.29. The van der Waals surface area contributed by atoms with Gasteiger partial charge in [0.2, 0.25) is 5.91 Å². The number of rotatable bonds is 3. The van der Waals surface area contributed by atoms with Crippen molar-refractivity contribution in [1.82, 2.24) is 0 Å². The van der Waals surface area contributed by atoms with Crippen molar-refractivity contribution in [1.29, 1.82) is 0 Å². The molecule has 2 amide bonds. The van der Waals surface area contributed by atoms with Gasteiger partial charge in [0.1, 0.15) is 5.92 Å². The first-order valence-corrected chi connectivity index (χ1v) is 11.1. The van der Waals surface area contributed by atoms with Crippen LogP contribution in [0.3, 0.4) is 0 Å². The molecule has 0 spiro atoms. The smallest absolute Gasteiger partial charge is 0.266 e. The van der Waals surface area contributed by atoms with E-state index in [1.54, 1.807) is 5.06 Å². The Morgan fingerprint density at radius 1 is 0.727 bits per heavy atom. The maximum atomic E-state index is 13.9. The Hall–Kier alpha value is -3.96. The minimum atomic E-state index is -0.872. The van der Waals surface area contributed by atoms with Crippen molar-refractivity contribution >= 4 is 34.0 Å². The number of amides is 2. The Morgan fingerprint density at radius 2 is 1.42 bits per heavy atom. The maximum absolute atomic E-state index is 13.9. The van der Waals surface area contributed by atoms with Crippen molar-refractivity contribution in [2.24, 2.45) is 5.92 Å². The van der Waals surface area contributed by atoms with Gasteiger partial charge in [-0.05, 0) is 36.1 Å². The molecule has 2 fully saturated rings. The molecule has 2 aliphatic rings. The molecule has 4 aromatic rings. The fraction of sp³-hybridized carbons (Fsp3) is 0.143. The van der Waals surface area contributed by atoms with Gasteiger partial charge in [-0.2, -0.15) is 0 Å². The monoisotopic (exact) mass is 434 g/mol. The van der Waals surface area contributed by atoms with Crippen LogP contribution in [0.2, 0.25) is 0 Å². The SMILES string of the molecule is Cc1ccc([C@H]2[C@@H]3C(=O)N(c4cccc5ccccc45)C(=O)[C@@H]3ON2c2ccccc2)cc1. The molecular formula is C28H22N2O3. The number of nitrogens with zero attached hydrogens (tertiary/aromatic N) is 2. The van der Waals surface area contributed by atoms with Crippen molar-refractivity contribution in [3.8, 4) is 0 Å². The van der Waals surface area contributed by atoms with Gasteiger partial charge in [-0.15, -0.1) is 0 Å². The van der Waals surface area contributed by atoms with Crippen LogP contribution >= 0.6 is 0 Å². The zero-order chi connectivity index (χ0) is 22.5. The Morgan fingerprint density at radius 3 is 2.21 bits per heavy atom. The van der Waals surface area contributed by atoms with Gasteiger partial charge in [0.05, 0.1) is 17.4 Å². The number of aryl methyl sites for hydroxylation is 1. The summed E-state index contributed by atoms with van der Waals surface area (Å²) in [5.41, 5.74) is 3.49. The molecule has 0 N–H and O–H groups in total. The van der Waals surface area contributed by atoms with E-state index in [-0.39, 0.29) is 11.8 Å². The van der Waals surface area contributed by atoms with E-state index >= 15 is 0 Å². The Bertz CT molecular complexity index is 1360. The van der Waals surface area contributed by atoms with E-state index in [0.717, 1.165) is 27.6 Å². The number of imide groups is 1. The standard InChI is InChI=1S/C28H22N2O3/c1-18-14-16-20(17-15-18)25-24-26(33-30(25)21-10-3-2-4-11-21)28(32)29(27(24)31)23-13-7-9-19-8-5-6-12-22(19)23/h2-17,24-26H,1H3/t24-,25-,26+/m0/s1. The zero-order valence-corrected chi connectivity index (χ0v) is 18.1. The summed E-state index contributed by atoms with van der Waals surface area (Å²) >= 11 is 0. The second-order valence-electron chi connectivity index (χ2n) is 8.58. The maximum Gasteiger partial charge on any atom is 0.266 e. The van der Waals surface area contributed by atoms with E-state index in [9.17, 15) is 9.59 Å². The van der Waals surface area contributed by atoms with Crippen LogP contribution in [-0.4, -0.2) is 17.9 Å². The summed E-state index contributed by atoms with van der Waals surface area (Å²) in [5, 5.41) is 3.58. The van der Waals surface area contributed by atoms with Crippen LogP contribution in [0.5, 0.6) is 0 Å². The summed E-state index contributed by atoms with van der Waals surface area (Å²) in [4.78, 5) is 35.0. The second kappa shape index (κ2) is 7.57. The topological polar surface area (TPSA) is 49.9 Å². The minimum Gasteiger partial charge on any atom is -0.273 e. The molecule has 3 atom stereocenters. The third-order valence-corrected chi connectivity index (χ3v) is 6.55. The molecule has 5 heteroatoms. The summed E-state index contributed by atoms with van der Waals surface area (Å²) in [6.45, 7) is 2.03. The largest absolute Gasteiger partial charge is 0.273 e. The van der Waals surface area contributed by atoms with Crippen LogP contribution in [0.1, 0.15) is 17.2 Å². The second-order valence-corrected chi connectivity index (χ2v) is 8.58. The highest BCUT2D eigenvalue weighted by Crippen LogP contribution is 2.48. The molecule has 0 unspecified atom stereocenters. The van der Waals surface area contributed by atoms with E-state index in [0.29, 0.717) is 5.69 Å². The van der Waals surface area contributed by atoms with Crippen molar-refractivity contribution in [2.75, 3.05) is 9.96 Å². The lowest BCUT2D eigenvalue weighted by atomic mass is 9.90. The number of hydroxylamine groups is 1. The zero-order valence-electron chi connectivity index (χ0n) is 18.1. The average Bonchev–Trinajstić information content (AvgIpc) is 3.36. The third kappa shape index (κ3) is 3.04. The van der Waals surface area contributed by atoms with Gasteiger partial charge in [-0.1, -0.05) is 84.4 Å². The molecule has 0 radical (unpaired) electrons. The summed E-state index contributed by atoms with van der Waals surface area (Å²) in [7, 11) is 0. The predicted octanol–water partition coefficient (Wildman–Crippen LogP) is 5.20. The molecule has 0 saturated carbocycles. The molecule has 2 saturated heterocycles. The normalized spacial score (nSPS) is 22.3. The lowest BCUT2D eigenvalue weighted by Crippen LogP contribution is -2.37. The molecule has 4 aromatic carbocycles. The van der Waals surface area contributed by atoms with E-state index in [4.69, 9.17) is 4.84 Å². The van der Waals surface area contributed by atoms with E-state index in [2.05, 4.69) is 0 Å². The van der Waals surface area contributed by atoms with E-state index < -0.39 is 18.1 Å². The van der Waals surface area contributed by atoms with Crippen molar-refractivity contribution in [3.05, 3.63) is 108 Å². The predicted molar refractivity (Wildman–Crippen MR) is 128 cm³/mol. The number of hydrogen-bond acceptors (Lipinski definition) is 4. The van der Waals surface area contributed by atoms with Crippen molar-refractivity contribution < 1.29 is 14.4 Å². The molecule has 5 nitrogen and oxygen atoms in total. The highest BCUT2D eigenvalue weighted by molar-refractivity contribution is 6.26. The first-order chi connectivity index (χ1) is 16.1. The molecular weight excluding hydrogens is 412 g/mol. The van der Waals surface area contributed by atoms with Gasteiger partial charge in [0.25, 0.3) is 5.91 Å². The van der Waals surface area contributed by atoms with Gasteiger partial charge in [-0.3, -0.25) is 14.4 Å². The average molecular weight is 434 g/mol. The van der Waals surface area contributed by atoms with Gasteiger partial charge in [0.15, 0.2) is 6.10 Å². The molecule has 0 aliphatic carbocycles. The Balaban J connectivity index is 1.46. The minimum absolute atomic E-state index is 0.231. The number of benzene rings is 4. The first-order valence-electron chi connectivity index (χ1n) is 11.1. The molecule has 0 aromatic heterocycles. The summed E-state index contributed by atoms with van der Waals surface area (Å²) in [5.74, 6) is -1.19. The van der Waals surface area contributed by atoms with E-state index in [1.807, 2.05) is 104 Å². The van der Waals surface area contributed by atoms with Gasteiger partial charge in [0, 0.05) is 5.39 Å². The fourth-order valence-electron chi connectivity index (χ4n) is 4.96. The third-order valence-electron chi connectivity index (χ3n) is 6.55. The van der Waals surface area contributed by atoms with Gasteiger partial charge in [-0.25, -0.2) is 9.96 Å². The van der Waals surface area contributed by atoms with E-state index in [1.165, 1.54) is 4.90 Å². The lowest BCUT2D eigenvalue weighted by molar-refractivity contribution is -0.126. The summed E-state index contributed by atoms with van der Waals surface area (Å²) < 4.78 is 0. The van der Waals surface area contributed by atoms with Gasteiger partial charge < -0.3 is 0 Å². The molecule has 2 heterocycles. The number of anilines is 2. The molecule has 33 heavy (non-hydrogen) atoms. The van der Waals surface area contributed by atoms with Crippen LogP contribution in [0.4, 0.5) is 11.4 Å². The first kappa shape index (κ1) is 19.7. The summed E-state index contributed by atoms with van der Waals surface area (Å²) in [6, 6.07) is 30.8. The van der Waals surface area contributed by atoms with Crippen LogP contribution in [-0.2, 0) is 14.4 Å². The van der Waals surface area contributed by atoms with Crippen LogP contribution < -0.4 is 9.96 Å². The molecule has 0 bridgehead atoms. The Kier molecular flexibility index (Phi) is 4.52. The molecule has 162 valence electrons. The van der Waals surface area contributed by atoms with Crippen molar-refractivity contribution in [2.45, 2.75) is 19.1 Å². The highest BCUT2D eigenvalue weighted by Gasteiger charge is 2.60. The number of hydrogen-bond donors (Lipinski definition) is 0. The quantitative estimate of drug-likeness (QED) is 0.416. The highest BCUT2D eigenvalue weighted by atomic mass is 16.7. The van der Waals surface area contributed by atoms with Gasteiger partial charge >= 0.3 is 0 Å². The number of carbonyl (C=O) groups is 2.